The Balaban J connectivity index is 1.71. The number of primary amides is 1. The largest absolute Gasteiger partial charge is 0.416 e. The van der Waals surface area contributed by atoms with E-state index in [4.69, 9.17) is 5.73 Å². The molecule has 1 saturated heterocycles. The fourth-order valence-corrected chi connectivity index (χ4v) is 4.86. The van der Waals surface area contributed by atoms with Gasteiger partial charge in [-0.25, -0.2) is 8.78 Å². The predicted molar refractivity (Wildman–Crippen MR) is 118 cm³/mol. The van der Waals surface area contributed by atoms with Crippen molar-refractivity contribution in [2.24, 2.45) is 5.73 Å². The van der Waals surface area contributed by atoms with Crippen LogP contribution in [0.5, 0.6) is 0 Å². The molecule has 2 aromatic rings. The van der Waals surface area contributed by atoms with E-state index in [9.17, 15) is 31.5 Å². The number of carbonyl (C=O) groups is 2. The average Bonchev–Trinajstić information content (AvgIpc) is 3.61. The van der Waals surface area contributed by atoms with Gasteiger partial charge < -0.3 is 16.0 Å². The van der Waals surface area contributed by atoms with Crippen molar-refractivity contribution in [2.45, 2.75) is 55.8 Å². The van der Waals surface area contributed by atoms with Gasteiger partial charge in [0.25, 0.3) is 0 Å². The molecule has 5 nitrogen and oxygen atoms in total. The molecule has 10 heteroatoms. The number of benzene rings is 2. The summed E-state index contributed by atoms with van der Waals surface area (Å²) in [5.74, 6) is -2.86. The third kappa shape index (κ3) is 5.17. The second kappa shape index (κ2) is 9.56. The highest BCUT2D eigenvalue weighted by Crippen LogP contribution is 2.51. The molecule has 0 radical (unpaired) electrons. The molecule has 2 atom stereocenters. The molecule has 2 fully saturated rings. The second-order valence-corrected chi connectivity index (χ2v) is 9.24. The minimum absolute atomic E-state index is 0.0312. The van der Waals surface area contributed by atoms with E-state index in [1.54, 1.807) is 0 Å². The Bertz CT molecular complexity index is 1090. The minimum Gasteiger partial charge on any atom is -0.368 e. The lowest BCUT2D eigenvalue weighted by Crippen LogP contribution is -2.60. The minimum atomic E-state index is -4.72. The smallest absolute Gasteiger partial charge is 0.368 e. The molecular weight excluding hydrogens is 469 g/mol. The normalized spacial score (nSPS) is 20.2. The number of hydrogen-bond donors (Lipinski definition) is 2. The lowest BCUT2D eigenvalue weighted by Gasteiger charge is -2.41. The summed E-state index contributed by atoms with van der Waals surface area (Å²) in [6.07, 6.45) is -2.88. The molecule has 1 aliphatic carbocycles. The van der Waals surface area contributed by atoms with Gasteiger partial charge in [0.2, 0.25) is 11.8 Å². The van der Waals surface area contributed by atoms with Gasteiger partial charge in [0, 0.05) is 24.6 Å². The van der Waals surface area contributed by atoms with Gasteiger partial charge in [0.1, 0.15) is 17.7 Å². The number of carbonyl (C=O) groups excluding carboxylic acids is 2. The Morgan fingerprint density at radius 3 is 2.31 bits per heavy atom. The van der Waals surface area contributed by atoms with Crippen molar-refractivity contribution in [1.29, 1.82) is 0 Å². The van der Waals surface area contributed by atoms with Crippen molar-refractivity contribution >= 4 is 11.8 Å². The molecule has 1 aliphatic heterocycles. The second-order valence-electron chi connectivity index (χ2n) is 9.24. The Morgan fingerprint density at radius 2 is 1.80 bits per heavy atom. The van der Waals surface area contributed by atoms with Crippen molar-refractivity contribution in [2.75, 3.05) is 13.1 Å². The molecule has 0 unspecified atom stereocenters. The van der Waals surface area contributed by atoms with Gasteiger partial charge in [-0.2, -0.15) is 13.2 Å². The zero-order valence-electron chi connectivity index (χ0n) is 18.9. The number of piperidine rings is 1. The molecule has 0 aromatic heterocycles. The van der Waals surface area contributed by atoms with Crippen molar-refractivity contribution in [3.63, 3.8) is 0 Å². The van der Waals surface area contributed by atoms with Gasteiger partial charge in [0.05, 0.1) is 11.0 Å². The Hall–Kier alpha value is -3.01. The van der Waals surface area contributed by atoms with E-state index >= 15 is 0 Å². The molecule has 35 heavy (non-hydrogen) atoms. The summed E-state index contributed by atoms with van der Waals surface area (Å²) in [5, 5.41) is 3.19. The highest BCUT2D eigenvalue weighted by molar-refractivity contribution is 5.95. The maximum Gasteiger partial charge on any atom is 0.416 e. The van der Waals surface area contributed by atoms with E-state index in [2.05, 4.69) is 5.32 Å². The monoisotopic (exact) mass is 495 g/mol. The van der Waals surface area contributed by atoms with Gasteiger partial charge in [-0.05, 0) is 62.1 Å². The average molecular weight is 495 g/mol. The van der Waals surface area contributed by atoms with Crippen LogP contribution in [0.15, 0.2) is 42.5 Å². The number of nitrogens with one attached hydrogen (secondary N) is 1. The van der Waals surface area contributed by atoms with Gasteiger partial charge in [-0.15, -0.1) is 0 Å². The highest BCUT2D eigenvalue weighted by atomic mass is 19.4. The number of alkyl halides is 3. The van der Waals surface area contributed by atoms with E-state index in [1.165, 1.54) is 29.2 Å². The fourth-order valence-electron chi connectivity index (χ4n) is 4.86. The quantitative estimate of drug-likeness (QED) is 0.576. The third-order valence-corrected chi connectivity index (χ3v) is 6.88. The first kappa shape index (κ1) is 25.1. The molecular formula is C25H26F5N3O2. The molecule has 2 aromatic carbocycles. The highest BCUT2D eigenvalue weighted by Gasteiger charge is 2.57. The standard InChI is InChI=1S/C25H26F5N3O2/c26-17-6-3-15(4-7-17)12-21(22(31)34)33(18-2-1-11-32-14-18)23(35)24(9-10-24)19-8-5-16(13-20(19)27)25(28,29)30/h3-8,13,18,21,32H,1-2,9-12,14H2,(H2,31,34)/t18-,21+/m1/s1. The van der Waals surface area contributed by atoms with Crippen molar-refractivity contribution in [1.82, 2.24) is 10.2 Å². The molecule has 1 heterocycles. The number of nitrogens with two attached hydrogens (primary N) is 1. The van der Waals surface area contributed by atoms with Gasteiger partial charge in [-0.1, -0.05) is 18.2 Å². The van der Waals surface area contributed by atoms with Crippen LogP contribution >= 0.6 is 0 Å². The molecule has 188 valence electrons. The summed E-state index contributed by atoms with van der Waals surface area (Å²) in [4.78, 5) is 28.0. The van der Waals surface area contributed by atoms with E-state index in [0.717, 1.165) is 25.1 Å². The van der Waals surface area contributed by atoms with Gasteiger partial charge in [0.15, 0.2) is 0 Å². The Morgan fingerprint density at radius 1 is 1.11 bits per heavy atom. The zero-order chi connectivity index (χ0) is 25.4. The molecule has 3 N–H and O–H groups in total. The van der Waals surface area contributed by atoms with Crippen molar-refractivity contribution < 1.29 is 31.5 Å². The molecule has 0 spiro atoms. The number of amides is 2. The van der Waals surface area contributed by atoms with Gasteiger partial charge in [-0.3, -0.25) is 9.59 Å². The number of rotatable bonds is 7. The topological polar surface area (TPSA) is 75.4 Å². The van der Waals surface area contributed by atoms with Crippen LogP contribution in [-0.4, -0.2) is 41.9 Å². The first-order valence-corrected chi connectivity index (χ1v) is 11.5. The van der Waals surface area contributed by atoms with Crippen LogP contribution in [0.3, 0.4) is 0 Å². The van der Waals surface area contributed by atoms with Crippen LogP contribution in [0, 0.1) is 11.6 Å². The van der Waals surface area contributed by atoms with Crippen LogP contribution in [0.25, 0.3) is 0 Å². The molecule has 0 bridgehead atoms. The van der Waals surface area contributed by atoms with Crippen LogP contribution in [-0.2, 0) is 27.6 Å². The van der Waals surface area contributed by atoms with E-state index in [-0.39, 0.29) is 24.8 Å². The fraction of sp³-hybridized carbons (Fsp3) is 0.440. The predicted octanol–water partition coefficient (Wildman–Crippen LogP) is 3.69. The molecule has 2 aliphatic rings. The summed E-state index contributed by atoms with van der Waals surface area (Å²) in [7, 11) is 0. The van der Waals surface area contributed by atoms with E-state index in [1.807, 2.05) is 0 Å². The molecule has 1 saturated carbocycles. The zero-order valence-corrected chi connectivity index (χ0v) is 18.9. The SMILES string of the molecule is NC(=O)[C@H](Cc1ccc(F)cc1)N(C(=O)C1(c2ccc(C(F)(F)F)cc2F)CC1)[C@@H]1CCCNC1. The number of hydrogen-bond acceptors (Lipinski definition) is 3. The van der Waals surface area contributed by atoms with Gasteiger partial charge >= 0.3 is 6.18 Å². The molecule has 2 amide bonds. The third-order valence-electron chi connectivity index (χ3n) is 6.88. The van der Waals surface area contributed by atoms with Crippen LogP contribution < -0.4 is 11.1 Å². The maximum absolute atomic E-state index is 14.9. The van der Waals surface area contributed by atoms with Crippen molar-refractivity contribution in [3.05, 3.63) is 70.8 Å². The lowest BCUT2D eigenvalue weighted by atomic mass is 9.89. The Labute approximate surface area is 199 Å². The summed E-state index contributed by atoms with van der Waals surface area (Å²) in [6.45, 7) is 1.13. The number of nitrogens with zero attached hydrogens (tertiary/aromatic N) is 1. The summed E-state index contributed by atoms with van der Waals surface area (Å²) in [5.41, 5.74) is 3.71. The lowest BCUT2D eigenvalue weighted by molar-refractivity contribution is -0.145. The first-order chi connectivity index (χ1) is 16.5. The summed E-state index contributed by atoms with van der Waals surface area (Å²) >= 11 is 0. The summed E-state index contributed by atoms with van der Waals surface area (Å²) in [6, 6.07) is 6.15. The maximum atomic E-state index is 14.9. The van der Waals surface area contributed by atoms with E-state index < -0.39 is 52.7 Å². The summed E-state index contributed by atoms with van der Waals surface area (Å²) < 4.78 is 67.4. The first-order valence-electron chi connectivity index (χ1n) is 11.5. The van der Waals surface area contributed by atoms with E-state index in [0.29, 0.717) is 24.6 Å². The Kier molecular flexibility index (Phi) is 6.86. The van der Waals surface area contributed by atoms with Crippen LogP contribution in [0.1, 0.15) is 42.4 Å². The van der Waals surface area contributed by atoms with Crippen LogP contribution in [0.2, 0.25) is 0 Å². The van der Waals surface area contributed by atoms with Crippen molar-refractivity contribution in [3.8, 4) is 0 Å². The van der Waals surface area contributed by atoms with Crippen LogP contribution in [0.4, 0.5) is 22.0 Å². The number of halogens is 5. The molecule has 4 rings (SSSR count).